The number of hydrogen-bond donors (Lipinski definition) is 1. The number of benzene rings is 3. The summed E-state index contributed by atoms with van der Waals surface area (Å²) in [5.74, 6) is 0.350. The van der Waals surface area contributed by atoms with Crippen LogP contribution in [0, 0.1) is 0 Å². The van der Waals surface area contributed by atoms with Crippen LogP contribution < -0.4 is 10.1 Å². The molecule has 32 heavy (non-hydrogen) atoms. The van der Waals surface area contributed by atoms with Crippen molar-refractivity contribution in [3.05, 3.63) is 96.1 Å². The van der Waals surface area contributed by atoms with Crippen molar-refractivity contribution in [2.24, 2.45) is 0 Å². The lowest BCUT2D eigenvalue weighted by molar-refractivity contribution is -0.136. The zero-order chi connectivity index (χ0) is 22.8. The predicted octanol–water partition coefficient (Wildman–Crippen LogP) is 5.25. The second-order valence-electron chi connectivity index (χ2n) is 7.62. The van der Waals surface area contributed by atoms with E-state index in [-0.39, 0.29) is 30.9 Å². The largest absolute Gasteiger partial charge is 0.484 e. The lowest BCUT2D eigenvalue weighted by Crippen LogP contribution is -2.39. The molecule has 166 valence electrons. The Hall–Kier alpha value is -3.60. The van der Waals surface area contributed by atoms with Gasteiger partial charge in [0.1, 0.15) is 5.75 Å². The zero-order valence-electron chi connectivity index (χ0n) is 18.7. The Morgan fingerprint density at radius 1 is 0.906 bits per heavy atom. The number of rotatable bonds is 10. The van der Waals surface area contributed by atoms with Gasteiger partial charge in [0.05, 0.1) is 6.04 Å². The minimum Gasteiger partial charge on any atom is -0.484 e. The Morgan fingerprint density at radius 2 is 1.53 bits per heavy atom. The molecule has 1 atom stereocenters. The Balaban J connectivity index is 1.64. The highest BCUT2D eigenvalue weighted by Gasteiger charge is 2.22. The number of carbonyl (C=O) groups is 2. The highest BCUT2D eigenvalue weighted by molar-refractivity contribution is 5.91. The number of nitrogens with one attached hydrogen (secondary N) is 1. The average molecular weight is 431 g/mol. The van der Waals surface area contributed by atoms with Gasteiger partial charge in [0.2, 0.25) is 5.91 Å². The first-order valence-electron chi connectivity index (χ1n) is 11.0. The van der Waals surface area contributed by atoms with Gasteiger partial charge < -0.3 is 15.0 Å². The summed E-state index contributed by atoms with van der Waals surface area (Å²) in [6.45, 7) is 4.28. The quantitative estimate of drug-likeness (QED) is 0.478. The molecule has 0 saturated carbocycles. The fraction of sp³-hybridized carbons (Fsp3) is 0.259. The molecule has 0 aromatic heterocycles. The highest BCUT2D eigenvalue weighted by Crippen LogP contribution is 2.21. The monoisotopic (exact) mass is 430 g/mol. The number of ether oxygens (including phenoxy) is 1. The summed E-state index contributed by atoms with van der Waals surface area (Å²) in [5.41, 5.74) is 2.99. The normalized spacial score (nSPS) is 11.4. The second-order valence-corrected chi connectivity index (χ2v) is 7.62. The fourth-order valence-corrected chi connectivity index (χ4v) is 3.46. The number of carbonyl (C=O) groups excluding carboxylic acids is 2. The molecule has 0 radical (unpaired) electrons. The molecule has 5 heteroatoms. The summed E-state index contributed by atoms with van der Waals surface area (Å²) < 4.78 is 5.67. The standard InChI is InChI=1S/C27H30N2O3/c1-3-22-14-16-24(17-15-22)28-26(30)18-19-29(21(2)23-10-6-4-7-11-23)27(31)20-32-25-12-8-5-9-13-25/h4-17,21H,3,18-20H2,1-2H3,(H,28,30). The summed E-state index contributed by atoms with van der Waals surface area (Å²) in [6.07, 6.45) is 1.15. The fourth-order valence-electron chi connectivity index (χ4n) is 3.46. The zero-order valence-corrected chi connectivity index (χ0v) is 18.7. The maximum absolute atomic E-state index is 13.0. The molecule has 0 saturated heterocycles. The predicted molar refractivity (Wildman–Crippen MR) is 128 cm³/mol. The van der Waals surface area contributed by atoms with Crippen LogP contribution in [0.25, 0.3) is 0 Å². The van der Waals surface area contributed by atoms with Crippen LogP contribution in [0.1, 0.15) is 37.4 Å². The number of nitrogens with zero attached hydrogens (tertiary/aromatic N) is 1. The molecule has 0 aliphatic heterocycles. The number of para-hydroxylation sites is 1. The highest BCUT2D eigenvalue weighted by atomic mass is 16.5. The molecule has 1 N–H and O–H groups in total. The van der Waals surface area contributed by atoms with Gasteiger partial charge in [0.25, 0.3) is 5.91 Å². The number of amides is 2. The summed E-state index contributed by atoms with van der Waals surface area (Å²) in [7, 11) is 0. The topological polar surface area (TPSA) is 58.6 Å². The maximum atomic E-state index is 13.0. The number of aryl methyl sites for hydroxylation is 1. The third-order valence-electron chi connectivity index (χ3n) is 5.40. The smallest absolute Gasteiger partial charge is 0.261 e. The van der Waals surface area contributed by atoms with E-state index >= 15 is 0 Å². The number of anilines is 1. The van der Waals surface area contributed by atoms with Gasteiger partial charge in [0.15, 0.2) is 6.61 Å². The minimum absolute atomic E-state index is 0.0821. The van der Waals surface area contributed by atoms with Crippen molar-refractivity contribution < 1.29 is 14.3 Å². The molecule has 3 rings (SSSR count). The molecule has 3 aromatic rings. The average Bonchev–Trinajstić information content (AvgIpc) is 2.84. The van der Waals surface area contributed by atoms with Gasteiger partial charge in [0, 0.05) is 18.7 Å². The van der Waals surface area contributed by atoms with E-state index in [0.717, 1.165) is 17.7 Å². The third-order valence-corrected chi connectivity index (χ3v) is 5.40. The lowest BCUT2D eigenvalue weighted by atomic mass is 10.1. The van der Waals surface area contributed by atoms with Crippen molar-refractivity contribution in [2.45, 2.75) is 32.7 Å². The molecule has 0 fully saturated rings. The lowest BCUT2D eigenvalue weighted by Gasteiger charge is -2.29. The summed E-state index contributed by atoms with van der Waals surface area (Å²) in [6, 6.07) is 26.7. The van der Waals surface area contributed by atoms with E-state index in [1.54, 1.807) is 4.90 Å². The maximum Gasteiger partial charge on any atom is 0.261 e. The Morgan fingerprint density at radius 3 is 2.16 bits per heavy atom. The van der Waals surface area contributed by atoms with E-state index in [1.807, 2.05) is 91.9 Å². The van der Waals surface area contributed by atoms with Crippen LogP contribution in [0.5, 0.6) is 5.75 Å². The first-order valence-corrected chi connectivity index (χ1v) is 11.0. The van der Waals surface area contributed by atoms with Crippen LogP contribution in [-0.4, -0.2) is 29.9 Å². The van der Waals surface area contributed by atoms with E-state index in [0.29, 0.717) is 12.3 Å². The molecule has 0 bridgehead atoms. The van der Waals surface area contributed by atoms with Crippen molar-refractivity contribution in [1.29, 1.82) is 0 Å². The van der Waals surface area contributed by atoms with Gasteiger partial charge in [-0.15, -0.1) is 0 Å². The third kappa shape index (κ3) is 6.71. The van der Waals surface area contributed by atoms with Crippen LogP contribution in [0.2, 0.25) is 0 Å². The van der Waals surface area contributed by atoms with E-state index < -0.39 is 0 Å². The van der Waals surface area contributed by atoms with Crippen LogP contribution in [-0.2, 0) is 16.0 Å². The number of hydrogen-bond acceptors (Lipinski definition) is 3. The van der Waals surface area contributed by atoms with E-state index in [9.17, 15) is 9.59 Å². The van der Waals surface area contributed by atoms with Gasteiger partial charge >= 0.3 is 0 Å². The molecule has 0 spiro atoms. The van der Waals surface area contributed by atoms with Gasteiger partial charge in [-0.3, -0.25) is 9.59 Å². The van der Waals surface area contributed by atoms with Gasteiger partial charge in [-0.25, -0.2) is 0 Å². The van der Waals surface area contributed by atoms with Crippen LogP contribution in [0.3, 0.4) is 0 Å². The second kappa shape index (κ2) is 11.7. The van der Waals surface area contributed by atoms with Gasteiger partial charge in [-0.05, 0) is 48.7 Å². The van der Waals surface area contributed by atoms with E-state index in [4.69, 9.17) is 4.74 Å². The molecule has 5 nitrogen and oxygen atoms in total. The van der Waals surface area contributed by atoms with Crippen LogP contribution in [0.4, 0.5) is 5.69 Å². The molecule has 1 unspecified atom stereocenters. The Kier molecular flexibility index (Phi) is 8.44. The van der Waals surface area contributed by atoms with Crippen molar-refractivity contribution >= 4 is 17.5 Å². The van der Waals surface area contributed by atoms with E-state index in [2.05, 4.69) is 12.2 Å². The summed E-state index contributed by atoms with van der Waals surface area (Å²) in [4.78, 5) is 27.3. The molecule has 0 aliphatic carbocycles. The van der Waals surface area contributed by atoms with Crippen LogP contribution >= 0.6 is 0 Å². The Bertz CT molecular complexity index is 988. The van der Waals surface area contributed by atoms with Gasteiger partial charge in [-0.2, -0.15) is 0 Å². The summed E-state index contributed by atoms with van der Waals surface area (Å²) >= 11 is 0. The molecular formula is C27H30N2O3. The molecular weight excluding hydrogens is 400 g/mol. The van der Waals surface area contributed by atoms with Crippen molar-refractivity contribution in [3.63, 3.8) is 0 Å². The summed E-state index contributed by atoms with van der Waals surface area (Å²) in [5, 5.41) is 2.92. The van der Waals surface area contributed by atoms with Crippen LogP contribution in [0.15, 0.2) is 84.9 Å². The van der Waals surface area contributed by atoms with Crippen molar-refractivity contribution in [3.8, 4) is 5.75 Å². The molecule has 2 amide bonds. The first kappa shape index (κ1) is 23.1. The molecule has 0 heterocycles. The molecule has 3 aromatic carbocycles. The van der Waals surface area contributed by atoms with Crippen molar-refractivity contribution in [1.82, 2.24) is 4.90 Å². The van der Waals surface area contributed by atoms with E-state index in [1.165, 1.54) is 5.56 Å². The molecule has 0 aliphatic rings. The first-order chi connectivity index (χ1) is 15.6. The Labute approximate surface area is 190 Å². The minimum atomic E-state index is -0.181. The van der Waals surface area contributed by atoms with Gasteiger partial charge in [-0.1, -0.05) is 67.6 Å². The van der Waals surface area contributed by atoms with Crippen molar-refractivity contribution in [2.75, 3.05) is 18.5 Å². The SMILES string of the molecule is CCc1ccc(NC(=O)CCN(C(=O)COc2ccccc2)C(C)c2ccccc2)cc1.